The van der Waals surface area contributed by atoms with E-state index in [1.165, 1.54) is 22.5 Å². The normalized spacial score (nSPS) is 11.2. The lowest BCUT2D eigenvalue weighted by Gasteiger charge is -2.08. The van der Waals surface area contributed by atoms with E-state index >= 15 is 0 Å². The van der Waals surface area contributed by atoms with Gasteiger partial charge in [-0.3, -0.25) is 10.1 Å². The van der Waals surface area contributed by atoms with Crippen molar-refractivity contribution in [2.45, 2.75) is 13.8 Å². The number of benzene rings is 2. The average molecular weight is 416 g/mol. The number of thiophene rings is 1. The molecule has 5 aromatic rings. The van der Waals surface area contributed by atoms with E-state index in [9.17, 15) is 4.79 Å². The zero-order valence-corrected chi connectivity index (χ0v) is 17.5. The Hall–Kier alpha value is -3.09. The second-order valence-electron chi connectivity index (χ2n) is 6.95. The van der Waals surface area contributed by atoms with Crippen LogP contribution in [-0.4, -0.2) is 15.9 Å². The van der Waals surface area contributed by atoms with Crippen LogP contribution >= 0.6 is 22.7 Å². The molecule has 0 aliphatic rings. The van der Waals surface area contributed by atoms with Crippen LogP contribution in [0.5, 0.6) is 0 Å². The summed E-state index contributed by atoms with van der Waals surface area (Å²) in [5.74, 6) is -0.171. The number of amides is 1. The third-order valence-corrected chi connectivity index (χ3v) is 6.79. The molecule has 0 fully saturated rings. The standard InChI is InChI=1S/C23H17N3OS2/c1-13-10-14(2)21-19(11-13)25-23(29-21)26-22(27)16-12-18(20-8-5-9-28-20)24-17-7-4-3-6-15(16)17/h3-12H,1-2H3,(H,25,26,27). The number of hydrogen-bond donors (Lipinski definition) is 1. The SMILES string of the molecule is Cc1cc(C)c2sc(NC(=O)c3cc(-c4cccs4)nc4ccccc34)nc2c1. The van der Waals surface area contributed by atoms with E-state index in [0.717, 1.165) is 31.7 Å². The van der Waals surface area contributed by atoms with Crippen molar-refractivity contribution in [2.24, 2.45) is 0 Å². The van der Waals surface area contributed by atoms with E-state index in [1.54, 1.807) is 11.3 Å². The highest BCUT2D eigenvalue weighted by Crippen LogP contribution is 2.32. The topological polar surface area (TPSA) is 54.9 Å². The predicted octanol–water partition coefficient (Wildman–Crippen LogP) is 6.44. The molecule has 3 heterocycles. The van der Waals surface area contributed by atoms with Crippen molar-refractivity contribution in [1.82, 2.24) is 9.97 Å². The van der Waals surface area contributed by atoms with E-state index in [-0.39, 0.29) is 5.91 Å². The summed E-state index contributed by atoms with van der Waals surface area (Å²) in [5, 5.41) is 6.45. The zero-order valence-electron chi connectivity index (χ0n) is 15.9. The van der Waals surface area contributed by atoms with Crippen LogP contribution in [0.4, 0.5) is 5.13 Å². The van der Waals surface area contributed by atoms with Gasteiger partial charge >= 0.3 is 0 Å². The van der Waals surface area contributed by atoms with Crippen LogP contribution in [0.2, 0.25) is 0 Å². The smallest absolute Gasteiger partial charge is 0.258 e. The molecule has 0 saturated heterocycles. The summed E-state index contributed by atoms with van der Waals surface area (Å²) < 4.78 is 1.10. The van der Waals surface area contributed by atoms with Gasteiger partial charge in [0, 0.05) is 5.39 Å². The molecule has 0 aliphatic carbocycles. The van der Waals surface area contributed by atoms with Gasteiger partial charge in [0.25, 0.3) is 5.91 Å². The van der Waals surface area contributed by atoms with E-state index in [4.69, 9.17) is 4.98 Å². The minimum atomic E-state index is -0.171. The molecule has 0 unspecified atom stereocenters. The fraction of sp³-hybridized carbons (Fsp3) is 0.0870. The highest BCUT2D eigenvalue weighted by molar-refractivity contribution is 7.22. The largest absolute Gasteiger partial charge is 0.298 e. The molecule has 29 heavy (non-hydrogen) atoms. The van der Waals surface area contributed by atoms with E-state index in [0.29, 0.717) is 10.7 Å². The number of carbonyl (C=O) groups is 1. The van der Waals surface area contributed by atoms with Crippen molar-refractivity contribution < 1.29 is 4.79 Å². The molecular formula is C23H17N3OS2. The second kappa shape index (κ2) is 7.06. The summed E-state index contributed by atoms with van der Waals surface area (Å²) >= 11 is 3.12. The minimum absolute atomic E-state index is 0.171. The molecule has 142 valence electrons. The van der Waals surface area contributed by atoms with Crippen molar-refractivity contribution in [3.8, 4) is 10.6 Å². The highest BCUT2D eigenvalue weighted by Gasteiger charge is 2.16. The number of fused-ring (bicyclic) bond motifs is 2. The van der Waals surface area contributed by atoms with Gasteiger partial charge in [0.05, 0.1) is 31.9 Å². The molecule has 0 spiro atoms. The van der Waals surface area contributed by atoms with E-state index in [2.05, 4.69) is 30.2 Å². The van der Waals surface area contributed by atoms with Gasteiger partial charge in [-0.1, -0.05) is 41.7 Å². The molecule has 5 rings (SSSR count). The first kappa shape index (κ1) is 18.0. The van der Waals surface area contributed by atoms with Crippen LogP contribution in [0.15, 0.2) is 60.0 Å². The first-order valence-corrected chi connectivity index (χ1v) is 10.9. The van der Waals surface area contributed by atoms with Crippen LogP contribution in [0.3, 0.4) is 0 Å². The molecule has 3 aromatic heterocycles. The third kappa shape index (κ3) is 3.30. The number of anilines is 1. The number of carbonyl (C=O) groups excluding carboxylic acids is 1. The highest BCUT2D eigenvalue weighted by atomic mass is 32.1. The van der Waals surface area contributed by atoms with Gasteiger partial charge in [0.1, 0.15) is 0 Å². The zero-order chi connectivity index (χ0) is 20.0. The summed E-state index contributed by atoms with van der Waals surface area (Å²) in [4.78, 5) is 23.6. The number of rotatable bonds is 3. The van der Waals surface area contributed by atoms with Gasteiger partial charge < -0.3 is 0 Å². The number of nitrogens with one attached hydrogen (secondary N) is 1. The maximum atomic E-state index is 13.2. The molecule has 0 radical (unpaired) electrons. The minimum Gasteiger partial charge on any atom is -0.298 e. The first-order valence-electron chi connectivity index (χ1n) is 9.21. The lowest BCUT2D eigenvalue weighted by molar-refractivity contribution is 0.102. The summed E-state index contributed by atoms with van der Waals surface area (Å²) in [6.07, 6.45) is 0. The van der Waals surface area contributed by atoms with Gasteiger partial charge in [-0.15, -0.1) is 11.3 Å². The van der Waals surface area contributed by atoms with Crippen LogP contribution in [-0.2, 0) is 0 Å². The van der Waals surface area contributed by atoms with Crippen LogP contribution < -0.4 is 5.32 Å². The van der Waals surface area contributed by atoms with Gasteiger partial charge in [0.15, 0.2) is 5.13 Å². The Bertz CT molecular complexity index is 1370. The fourth-order valence-electron chi connectivity index (χ4n) is 3.51. The molecular weight excluding hydrogens is 398 g/mol. The Morgan fingerprint density at radius 2 is 1.83 bits per heavy atom. The Morgan fingerprint density at radius 1 is 0.966 bits per heavy atom. The number of para-hydroxylation sites is 1. The number of aryl methyl sites for hydroxylation is 2. The van der Waals surface area contributed by atoms with Crippen LogP contribution in [0, 0.1) is 13.8 Å². The molecule has 4 nitrogen and oxygen atoms in total. The third-order valence-electron chi connectivity index (χ3n) is 4.77. The van der Waals surface area contributed by atoms with Crippen LogP contribution in [0.25, 0.3) is 31.7 Å². The number of thiazole rings is 1. The van der Waals surface area contributed by atoms with Gasteiger partial charge in [0.2, 0.25) is 0 Å². The first-order chi connectivity index (χ1) is 14.1. The van der Waals surface area contributed by atoms with Gasteiger partial charge in [-0.05, 0) is 54.6 Å². The molecule has 1 amide bonds. The second-order valence-corrected chi connectivity index (χ2v) is 8.90. The number of pyridine rings is 1. The van der Waals surface area contributed by atoms with Crippen molar-refractivity contribution in [2.75, 3.05) is 5.32 Å². The van der Waals surface area contributed by atoms with Crippen molar-refractivity contribution in [3.05, 3.63) is 76.7 Å². The van der Waals surface area contributed by atoms with E-state index in [1.807, 2.05) is 53.9 Å². The Morgan fingerprint density at radius 3 is 2.66 bits per heavy atom. The fourth-order valence-corrected chi connectivity index (χ4v) is 5.10. The number of nitrogens with zero attached hydrogens (tertiary/aromatic N) is 2. The molecule has 0 bridgehead atoms. The van der Waals surface area contributed by atoms with Gasteiger partial charge in [-0.2, -0.15) is 0 Å². The summed E-state index contributed by atoms with van der Waals surface area (Å²) in [7, 11) is 0. The van der Waals surface area contributed by atoms with Crippen molar-refractivity contribution in [1.29, 1.82) is 0 Å². The lowest BCUT2D eigenvalue weighted by atomic mass is 10.1. The maximum absolute atomic E-state index is 13.2. The Labute approximate surface area is 175 Å². The molecule has 6 heteroatoms. The van der Waals surface area contributed by atoms with Crippen molar-refractivity contribution >= 4 is 54.8 Å². The van der Waals surface area contributed by atoms with E-state index < -0.39 is 0 Å². The molecule has 0 aliphatic heterocycles. The molecule has 1 N–H and O–H groups in total. The Kier molecular flexibility index (Phi) is 4.38. The maximum Gasteiger partial charge on any atom is 0.258 e. The molecule has 0 saturated carbocycles. The monoisotopic (exact) mass is 415 g/mol. The Balaban J connectivity index is 1.58. The summed E-state index contributed by atoms with van der Waals surface area (Å²) in [5.41, 5.74) is 5.47. The van der Waals surface area contributed by atoms with Crippen LogP contribution in [0.1, 0.15) is 21.5 Å². The number of hydrogen-bond acceptors (Lipinski definition) is 5. The quantitative estimate of drug-likeness (QED) is 0.369. The average Bonchev–Trinajstić information content (AvgIpc) is 3.37. The molecule has 2 aromatic carbocycles. The van der Waals surface area contributed by atoms with Gasteiger partial charge in [-0.25, -0.2) is 9.97 Å². The van der Waals surface area contributed by atoms with Crippen molar-refractivity contribution in [3.63, 3.8) is 0 Å². The predicted molar refractivity (Wildman–Crippen MR) is 122 cm³/mol. The number of aromatic nitrogens is 2. The lowest BCUT2D eigenvalue weighted by Crippen LogP contribution is -2.12. The molecule has 0 atom stereocenters. The summed E-state index contributed by atoms with van der Waals surface area (Å²) in [6, 6.07) is 17.8. The summed E-state index contributed by atoms with van der Waals surface area (Å²) in [6.45, 7) is 4.13.